The molecule has 16 heavy (non-hydrogen) atoms. The Hall–Kier alpha value is -0.770. The Bertz CT molecular complexity index is 478. The van der Waals surface area contributed by atoms with Crippen LogP contribution in [0.2, 0.25) is 9.36 Å². The van der Waals surface area contributed by atoms with Crippen molar-refractivity contribution in [1.29, 1.82) is 0 Å². The molecular weight excluding hydrogens is 268 g/mol. The minimum absolute atomic E-state index is 0.327. The molecule has 0 fully saturated rings. The number of hydrogen-bond donors (Lipinski definition) is 1. The van der Waals surface area contributed by atoms with Crippen LogP contribution in [-0.4, -0.2) is 0 Å². The summed E-state index contributed by atoms with van der Waals surface area (Å²) in [7, 11) is 0. The van der Waals surface area contributed by atoms with Gasteiger partial charge < -0.3 is 5.32 Å². The van der Waals surface area contributed by atoms with E-state index in [-0.39, 0.29) is 5.82 Å². The van der Waals surface area contributed by atoms with Gasteiger partial charge in [0.05, 0.1) is 15.0 Å². The Morgan fingerprint density at radius 2 is 2.00 bits per heavy atom. The molecule has 1 N–H and O–H groups in total. The van der Waals surface area contributed by atoms with Crippen molar-refractivity contribution in [3.63, 3.8) is 0 Å². The van der Waals surface area contributed by atoms with E-state index in [1.165, 1.54) is 17.4 Å². The van der Waals surface area contributed by atoms with Gasteiger partial charge in [0.25, 0.3) is 0 Å². The molecule has 0 unspecified atom stereocenters. The van der Waals surface area contributed by atoms with Gasteiger partial charge in [0.1, 0.15) is 5.82 Å². The molecule has 2 aromatic rings. The fourth-order valence-corrected chi connectivity index (χ4v) is 2.55. The van der Waals surface area contributed by atoms with Gasteiger partial charge in [-0.1, -0.05) is 29.3 Å². The molecule has 5 heteroatoms. The molecule has 0 radical (unpaired) electrons. The maximum Gasteiger partial charge on any atom is 0.147 e. The molecule has 1 aromatic heterocycles. The maximum absolute atomic E-state index is 13.4. The Labute approximate surface area is 107 Å². The molecule has 0 bridgehead atoms. The first kappa shape index (κ1) is 11.7. The highest BCUT2D eigenvalue weighted by Crippen LogP contribution is 2.27. The number of thiophene rings is 1. The zero-order chi connectivity index (χ0) is 11.5. The molecule has 0 amide bonds. The fourth-order valence-electron chi connectivity index (χ4n) is 1.29. The van der Waals surface area contributed by atoms with Crippen molar-refractivity contribution in [2.24, 2.45) is 0 Å². The standard InChI is InChI=1S/C11H8Cl2FNS/c12-8-2-1-3-9(14)11(8)15-6-7-4-5-10(13)16-7/h1-5,15H,6H2. The summed E-state index contributed by atoms with van der Waals surface area (Å²) in [5, 5.41) is 3.33. The summed E-state index contributed by atoms with van der Waals surface area (Å²) in [5.74, 6) is -0.352. The SMILES string of the molecule is Fc1cccc(Cl)c1NCc1ccc(Cl)s1. The molecule has 1 aromatic carbocycles. The highest BCUT2D eigenvalue weighted by molar-refractivity contribution is 7.16. The molecule has 0 saturated carbocycles. The zero-order valence-electron chi connectivity index (χ0n) is 8.14. The van der Waals surface area contributed by atoms with E-state index < -0.39 is 0 Å². The summed E-state index contributed by atoms with van der Waals surface area (Å²) in [4.78, 5) is 1.03. The molecule has 0 atom stereocenters. The summed E-state index contributed by atoms with van der Waals surface area (Å²) in [6.45, 7) is 0.512. The van der Waals surface area contributed by atoms with Crippen molar-refractivity contribution < 1.29 is 4.39 Å². The molecule has 0 aliphatic carbocycles. The molecule has 1 nitrogen and oxygen atoms in total. The molecule has 0 aliphatic heterocycles. The molecule has 0 spiro atoms. The van der Waals surface area contributed by atoms with Crippen LogP contribution in [0, 0.1) is 5.82 Å². The van der Waals surface area contributed by atoms with E-state index >= 15 is 0 Å². The highest BCUT2D eigenvalue weighted by atomic mass is 35.5. The van der Waals surface area contributed by atoms with E-state index in [2.05, 4.69) is 5.32 Å². The Morgan fingerprint density at radius 1 is 1.19 bits per heavy atom. The van der Waals surface area contributed by atoms with Crippen LogP contribution in [0.25, 0.3) is 0 Å². The van der Waals surface area contributed by atoms with Crippen molar-refractivity contribution in [1.82, 2.24) is 0 Å². The van der Waals surface area contributed by atoms with E-state index in [1.54, 1.807) is 12.1 Å². The van der Waals surface area contributed by atoms with Crippen LogP contribution in [0.5, 0.6) is 0 Å². The average Bonchev–Trinajstić information content (AvgIpc) is 2.63. The van der Waals surface area contributed by atoms with Gasteiger partial charge >= 0.3 is 0 Å². The van der Waals surface area contributed by atoms with Gasteiger partial charge in [-0.25, -0.2) is 4.39 Å². The summed E-state index contributed by atoms with van der Waals surface area (Å²) in [6, 6.07) is 8.30. The van der Waals surface area contributed by atoms with Crippen molar-refractivity contribution >= 4 is 40.2 Å². The van der Waals surface area contributed by atoms with Gasteiger partial charge in [-0.2, -0.15) is 0 Å². The number of benzene rings is 1. The molecule has 84 valence electrons. The summed E-state index contributed by atoms with van der Waals surface area (Å²) in [5.41, 5.74) is 0.327. The van der Waals surface area contributed by atoms with Gasteiger partial charge in [0, 0.05) is 11.4 Å². The lowest BCUT2D eigenvalue weighted by molar-refractivity contribution is 0.630. The second-order valence-electron chi connectivity index (χ2n) is 3.16. The first-order chi connectivity index (χ1) is 7.66. The highest BCUT2D eigenvalue weighted by Gasteiger charge is 2.06. The van der Waals surface area contributed by atoms with Crippen LogP contribution >= 0.6 is 34.5 Å². The second kappa shape index (κ2) is 5.04. The number of para-hydroxylation sites is 1. The lowest BCUT2D eigenvalue weighted by Gasteiger charge is -2.07. The number of nitrogens with one attached hydrogen (secondary N) is 1. The zero-order valence-corrected chi connectivity index (χ0v) is 10.5. The van der Waals surface area contributed by atoms with Crippen LogP contribution in [-0.2, 0) is 6.54 Å². The van der Waals surface area contributed by atoms with E-state index in [4.69, 9.17) is 23.2 Å². The Balaban J connectivity index is 2.10. The quantitative estimate of drug-likeness (QED) is 0.848. The van der Waals surface area contributed by atoms with Gasteiger partial charge in [-0.15, -0.1) is 11.3 Å². The van der Waals surface area contributed by atoms with Crippen LogP contribution in [0.15, 0.2) is 30.3 Å². The van der Waals surface area contributed by atoms with Gasteiger partial charge in [-0.05, 0) is 24.3 Å². The first-order valence-corrected chi connectivity index (χ1v) is 6.16. The Kier molecular flexibility index (Phi) is 3.69. The molecular formula is C11H8Cl2FNS. The second-order valence-corrected chi connectivity index (χ2v) is 5.36. The Morgan fingerprint density at radius 3 is 2.62 bits per heavy atom. The van der Waals surface area contributed by atoms with E-state index in [0.29, 0.717) is 17.3 Å². The third-order valence-electron chi connectivity index (χ3n) is 2.03. The van der Waals surface area contributed by atoms with Crippen molar-refractivity contribution in [3.8, 4) is 0 Å². The lowest BCUT2D eigenvalue weighted by atomic mass is 10.3. The van der Waals surface area contributed by atoms with Gasteiger partial charge in [-0.3, -0.25) is 0 Å². The lowest BCUT2D eigenvalue weighted by Crippen LogP contribution is -2.00. The predicted molar refractivity (Wildman–Crippen MR) is 68.1 cm³/mol. The van der Waals surface area contributed by atoms with Crippen LogP contribution in [0.3, 0.4) is 0 Å². The largest absolute Gasteiger partial charge is 0.377 e. The molecule has 0 saturated heterocycles. The van der Waals surface area contributed by atoms with Gasteiger partial charge in [0.2, 0.25) is 0 Å². The minimum atomic E-state index is -0.352. The summed E-state index contributed by atoms with van der Waals surface area (Å²) in [6.07, 6.45) is 0. The van der Waals surface area contributed by atoms with E-state index in [1.807, 2.05) is 12.1 Å². The van der Waals surface area contributed by atoms with Gasteiger partial charge in [0.15, 0.2) is 0 Å². The third kappa shape index (κ3) is 2.67. The van der Waals surface area contributed by atoms with Crippen molar-refractivity contribution in [3.05, 3.63) is 50.4 Å². The monoisotopic (exact) mass is 275 g/mol. The third-order valence-corrected chi connectivity index (χ3v) is 3.58. The molecule has 1 heterocycles. The summed E-state index contributed by atoms with van der Waals surface area (Å²) >= 11 is 13.1. The topological polar surface area (TPSA) is 12.0 Å². The maximum atomic E-state index is 13.4. The molecule has 0 aliphatic rings. The molecule has 2 rings (SSSR count). The van der Waals surface area contributed by atoms with E-state index in [0.717, 1.165) is 9.21 Å². The number of halogens is 3. The fraction of sp³-hybridized carbons (Fsp3) is 0.0909. The van der Waals surface area contributed by atoms with Crippen LogP contribution in [0.4, 0.5) is 10.1 Å². The first-order valence-electron chi connectivity index (χ1n) is 4.59. The van der Waals surface area contributed by atoms with Crippen molar-refractivity contribution in [2.75, 3.05) is 5.32 Å². The summed E-state index contributed by atoms with van der Waals surface area (Å²) < 4.78 is 14.1. The van der Waals surface area contributed by atoms with E-state index in [9.17, 15) is 4.39 Å². The van der Waals surface area contributed by atoms with Crippen LogP contribution in [0.1, 0.15) is 4.88 Å². The smallest absolute Gasteiger partial charge is 0.147 e. The predicted octanol–water partition coefficient (Wildman–Crippen LogP) is 4.81. The average molecular weight is 276 g/mol. The number of rotatable bonds is 3. The minimum Gasteiger partial charge on any atom is -0.377 e. The normalized spacial score (nSPS) is 10.4. The number of anilines is 1. The number of hydrogen-bond acceptors (Lipinski definition) is 2. The van der Waals surface area contributed by atoms with Crippen molar-refractivity contribution in [2.45, 2.75) is 6.54 Å². The van der Waals surface area contributed by atoms with Crippen LogP contribution < -0.4 is 5.32 Å².